The summed E-state index contributed by atoms with van der Waals surface area (Å²) in [6, 6.07) is 5.72. The SMILES string of the molecule is O=C1Nc2cc(N3CCN4C(=O)CCC4C3)ccc2C1=O. The molecule has 3 aliphatic rings. The molecule has 2 saturated heterocycles. The molecule has 3 aliphatic heterocycles. The lowest BCUT2D eigenvalue weighted by atomic mass is 10.1. The van der Waals surface area contributed by atoms with Crippen molar-refractivity contribution in [2.45, 2.75) is 18.9 Å². The second-order valence-electron chi connectivity index (χ2n) is 5.74. The molecule has 21 heavy (non-hydrogen) atoms. The van der Waals surface area contributed by atoms with Gasteiger partial charge in [-0.25, -0.2) is 0 Å². The first kappa shape index (κ1) is 12.4. The van der Waals surface area contributed by atoms with E-state index >= 15 is 0 Å². The third kappa shape index (κ3) is 1.82. The van der Waals surface area contributed by atoms with Crippen molar-refractivity contribution >= 4 is 29.0 Å². The molecule has 4 rings (SSSR count). The highest BCUT2D eigenvalue weighted by atomic mass is 16.2. The molecule has 6 heteroatoms. The van der Waals surface area contributed by atoms with Crippen molar-refractivity contribution in [1.82, 2.24) is 4.90 Å². The average molecular weight is 285 g/mol. The highest BCUT2D eigenvalue weighted by molar-refractivity contribution is 6.51. The number of amides is 2. The van der Waals surface area contributed by atoms with E-state index in [1.165, 1.54) is 0 Å². The first-order chi connectivity index (χ1) is 10.1. The number of fused-ring (bicyclic) bond motifs is 2. The fraction of sp³-hybridized carbons (Fsp3) is 0.400. The van der Waals surface area contributed by atoms with Crippen molar-refractivity contribution in [1.29, 1.82) is 0 Å². The molecule has 1 aromatic rings. The number of hydrogen-bond donors (Lipinski definition) is 1. The van der Waals surface area contributed by atoms with Crippen molar-refractivity contribution in [2.24, 2.45) is 0 Å². The van der Waals surface area contributed by atoms with Gasteiger partial charge in [0.05, 0.1) is 11.3 Å². The molecule has 3 heterocycles. The summed E-state index contributed by atoms with van der Waals surface area (Å²) in [5, 5.41) is 2.60. The lowest BCUT2D eigenvalue weighted by molar-refractivity contribution is -0.129. The summed E-state index contributed by atoms with van der Waals surface area (Å²) in [4.78, 5) is 38.9. The van der Waals surface area contributed by atoms with Gasteiger partial charge in [0.25, 0.3) is 11.7 Å². The second-order valence-corrected chi connectivity index (χ2v) is 5.74. The Kier molecular flexibility index (Phi) is 2.54. The minimum atomic E-state index is -0.562. The van der Waals surface area contributed by atoms with Gasteiger partial charge in [-0.15, -0.1) is 0 Å². The van der Waals surface area contributed by atoms with Gasteiger partial charge in [-0.1, -0.05) is 0 Å². The number of piperazine rings is 1. The second kappa shape index (κ2) is 4.31. The first-order valence-corrected chi connectivity index (χ1v) is 7.17. The van der Waals surface area contributed by atoms with E-state index in [1.54, 1.807) is 6.07 Å². The molecule has 0 aromatic heterocycles. The van der Waals surface area contributed by atoms with Crippen molar-refractivity contribution in [2.75, 3.05) is 29.9 Å². The van der Waals surface area contributed by atoms with Gasteiger partial charge in [0, 0.05) is 37.8 Å². The zero-order chi connectivity index (χ0) is 14.6. The van der Waals surface area contributed by atoms with Gasteiger partial charge in [-0.3, -0.25) is 14.4 Å². The standard InChI is InChI=1S/C15H15N3O3/c19-13-4-2-10-8-17(5-6-18(10)13)9-1-3-11-12(7-9)16-15(21)14(11)20/h1,3,7,10H,2,4-6,8H2,(H,16,20,21). The van der Waals surface area contributed by atoms with Gasteiger partial charge in [-0.05, 0) is 24.6 Å². The third-order valence-electron chi connectivity index (χ3n) is 4.56. The molecule has 1 atom stereocenters. The summed E-state index contributed by atoms with van der Waals surface area (Å²) < 4.78 is 0. The van der Waals surface area contributed by atoms with Crippen LogP contribution in [-0.2, 0) is 9.59 Å². The summed E-state index contributed by atoms with van der Waals surface area (Å²) in [6.07, 6.45) is 1.56. The van der Waals surface area contributed by atoms with Crippen molar-refractivity contribution in [3.8, 4) is 0 Å². The number of nitrogens with one attached hydrogen (secondary N) is 1. The lowest BCUT2D eigenvalue weighted by Crippen LogP contribution is -2.51. The van der Waals surface area contributed by atoms with E-state index in [4.69, 9.17) is 0 Å². The van der Waals surface area contributed by atoms with E-state index in [9.17, 15) is 14.4 Å². The van der Waals surface area contributed by atoms with E-state index in [0.717, 1.165) is 31.7 Å². The van der Waals surface area contributed by atoms with Crippen LogP contribution in [0.2, 0.25) is 0 Å². The van der Waals surface area contributed by atoms with Crippen LogP contribution in [0, 0.1) is 0 Å². The minimum Gasteiger partial charge on any atom is -0.368 e. The van der Waals surface area contributed by atoms with E-state index in [-0.39, 0.29) is 11.9 Å². The number of nitrogens with zero attached hydrogens (tertiary/aromatic N) is 2. The van der Waals surface area contributed by atoms with Gasteiger partial charge in [0.15, 0.2) is 0 Å². The quantitative estimate of drug-likeness (QED) is 0.768. The van der Waals surface area contributed by atoms with Crippen LogP contribution in [0.1, 0.15) is 23.2 Å². The number of rotatable bonds is 1. The maximum atomic E-state index is 11.7. The van der Waals surface area contributed by atoms with Crippen LogP contribution in [0.15, 0.2) is 18.2 Å². The van der Waals surface area contributed by atoms with Crippen LogP contribution in [-0.4, -0.2) is 48.2 Å². The highest BCUT2D eigenvalue weighted by Gasteiger charge is 2.36. The van der Waals surface area contributed by atoms with Crippen LogP contribution in [0.3, 0.4) is 0 Å². The summed E-state index contributed by atoms with van der Waals surface area (Å²) in [7, 11) is 0. The molecule has 0 bridgehead atoms. The number of Topliss-reactive ketones (excluding diaryl/α,β-unsaturated/α-hetero) is 1. The van der Waals surface area contributed by atoms with E-state index < -0.39 is 11.7 Å². The summed E-state index contributed by atoms with van der Waals surface area (Å²) in [5.41, 5.74) is 2.02. The van der Waals surface area contributed by atoms with Gasteiger partial charge in [-0.2, -0.15) is 0 Å². The number of ketones is 1. The molecule has 1 aromatic carbocycles. The molecule has 2 fully saturated rings. The molecule has 6 nitrogen and oxygen atoms in total. The number of hydrogen-bond acceptors (Lipinski definition) is 4. The topological polar surface area (TPSA) is 69.7 Å². The molecule has 2 amide bonds. The van der Waals surface area contributed by atoms with Crippen LogP contribution in [0.5, 0.6) is 0 Å². The summed E-state index contributed by atoms with van der Waals surface area (Å²) in [5.74, 6) is -0.775. The maximum absolute atomic E-state index is 11.7. The molecular weight excluding hydrogens is 270 g/mol. The summed E-state index contributed by atoms with van der Waals surface area (Å²) >= 11 is 0. The molecule has 1 unspecified atom stereocenters. The molecule has 0 aliphatic carbocycles. The zero-order valence-electron chi connectivity index (χ0n) is 11.5. The van der Waals surface area contributed by atoms with Crippen molar-refractivity contribution in [3.05, 3.63) is 23.8 Å². The molecule has 0 radical (unpaired) electrons. The van der Waals surface area contributed by atoms with Crippen LogP contribution in [0.25, 0.3) is 0 Å². The molecule has 1 N–H and O–H groups in total. The first-order valence-electron chi connectivity index (χ1n) is 7.17. The Morgan fingerprint density at radius 1 is 1.14 bits per heavy atom. The van der Waals surface area contributed by atoms with Crippen molar-refractivity contribution < 1.29 is 14.4 Å². The molecule has 0 saturated carbocycles. The number of carbonyl (C=O) groups excluding carboxylic acids is 3. The maximum Gasteiger partial charge on any atom is 0.296 e. The molecule has 0 spiro atoms. The Morgan fingerprint density at radius 2 is 2.00 bits per heavy atom. The minimum absolute atomic E-state index is 0.256. The fourth-order valence-electron chi connectivity index (χ4n) is 3.43. The average Bonchev–Trinajstić information content (AvgIpc) is 3.00. The largest absolute Gasteiger partial charge is 0.368 e. The normalized spacial score (nSPS) is 24.2. The monoisotopic (exact) mass is 285 g/mol. The predicted molar refractivity (Wildman–Crippen MR) is 76.4 cm³/mol. The molecule has 108 valence electrons. The van der Waals surface area contributed by atoms with Gasteiger partial charge in [0.2, 0.25) is 5.91 Å². The molecular formula is C15H15N3O3. The Morgan fingerprint density at radius 3 is 2.86 bits per heavy atom. The van der Waals surface area contributed by atoms with Gasteiger partial charge >= 0.3 is 0 Å². The van der Waals surface area contributed by atoms with Crippen LogP contribution in [0.4, 0.5) is 11.4 Å². The fourth-order valence-corrected chi connectivity index (χ4v) is 3.43. The Labute approximate surface area is 121 Å². The number of anilines is 2. The Bertz CT molecular complexity index is 670. The zero-order valence-corrected chi connectivity index (χ0v) is 11.5. The number of benzene rings is 1. The van der Waals surface area contributed by atoms with Gasteiger partial charge in [0.1, 0.15) is 0 Å². The number of carbonyl (C=O) groups is 3. The predicted octanol–water partition coefficient (Wildman–Crippen LogP) is 0.632. The van der Waals surface area contributed by atoms with E-state index in [1.807, 2.05) is 17.0 Å². The smallest absolute Gasteiger partial charge is 0.296 e. The third-order valence-corrected chi connectivity index (χ3v) is 4.56. The Balaban J connectivity index is 1.58. The van der Waals surface area contributed by atoms with E-state index in [2.05, 4.69) is 10.2 Å². The van der Waals surface area contributed by atoms with E-state index in [0.29, 0.717) is 17.7 Å². The van der Waals surface area contributed by atoms with Gasteiger partial charge < -0.3 is 15.1 Å². The Hall–Kier alpha value is -2.37. The highest BCUT2D eigenvalue weighted by Crippen LogP contribution is 2.31. The lowest BCUT2D eigenvalue weighted by Gasteiger charge is -2.39. The van der Waals surface area contributed by atoms with Crippen molar-refractivity contribution in [3.63, 3.8) is 0 Å². The van der Waals surface area contributed by atoms with Crippen LogP contribution >= 0.6 is 0 Å². The summed E-state index contributed by atoms with van der Waals surface area (Å²) in [6.45, 7) is 2.33. The van der Waals surface area contributed by atoms with Crippen LogP contribution < -0.4 is 10.2 Å².